The number of amidine groups is 1. The van der Waals surface area contributed by atoms with Crippen LogP contribution in [-0.2, 0) is 4.79 Å². The van der Waals surface area contributed by atoms with Gasteiger partial charge in [0.2, 0.25) is 0 Å². The Labute approximate surface area is 103 Å². The van der Waals surface area contributed by atoms with Gasteiger partial charge in [0, 0.05) is 35.7 Å². The third-order valence-corrected chi connectivity index (χ3v) is 3.40. The molecule has 5 nitrogen and oxygen atoms in total. The maximum Gasteiger partial charge on any atom is 0.288 e. The second-order valence-corrected chi connectivity index (χ2v) is 4.62. The molecular weight excluding hydrogens is 236 g/mol. The lowest BCUT2D eigenvalue weighted by atomic mass is 10.2. The Morgan fingerprint density at radius 2 is 2.41 bits per heavy atom. The van der Waals surface area contributed by atoms with Gasteiger partial charge in [-0.15, -0.1) is 11.8 Å². The number of hydrogen-bond donors (Lipinski definition) is 1. The van der Waals surface area contributed by atoms with Gasteiger partial charge in [-0.2, -0.15) is 5.10 Å². The fourth-order valence-corrected chi connectivity index (χ4v) is 2.60. The number of carbonyl (C=O) groups excluding carboxylic acids is 1. The largest absolute Gasteiger partial charge is 0.318 e. The van der Waals surface area contributed by atoms with Crippen molar-refractivity contribution in [2.24, 2.45) is 5.10 Å². The fraction of sp³-hybridized carbons (Fsp3) is 0.182. The molecule has 0 saturated heterocycles. The zero-order chi connectivity index (χ0) is 11.7. The molecule has 1 N–H and O–H groups in total. The summed E-state index contributed by atoms with van der Waals surface area (Å²) in [5, 5.41) is 6.00. The summed E-state index contributed by atoms with van der Waals surface area (Å²) < 4.78 is 0. The number of nitrogens with one attached hydrogen (secondary N) is 1. The number of amides is 1. The van der Waals surface area contributed by atoms with Gasteiger partial charge < -0.3 is 4.90 Å². The quantitative estimate of drug-likeness (QED) is 0.795. The molecule has 6 heteroatoms. The predicted octanol–water partition coefficient (Wildman–Crippen LogP) is 0.763. The van der Waals surface area contributed by atoms with E-state index >= 15 is 0 Å². The van der Waals surface area contributed by atoms with Gasteiger partial charge in [0.25, 0.3) is 5.91 Å². The molecule has 0 fully saturated rings. The van der Waals surface area contributed by atoms with Crippen LogP contribution in [0, 0.1) is 0 Å². The van der Waals surface area contributed by atoms with E-state index in [1.54, 1.807) is 24.2 Å². The highest BCUT2D eigenvalue weighted by molar-refractivity contribution is 8.02. The Bertz CT molecular complexity index is 511. The third kappa shape index (κ3) is 1.80. The van der Waals surface area contributed by atoms with E-state index in [4.69, 9.17) is 0 Å². The highest BCUT2D eigenvalue weighted by Gasteiger charge is 2.29. The summed E-state index contributed by atoms with van der Waals surface area (Å²) in [7, 11) is 0. The van der Waals surface area contributed by atoms with Crippen molar-refractivity contribution in [3.8, 4) is 0 Å². The van der Waals surface area contributed by atoms with Crippen LogP contribution in [0.3, 0.4) is 0 Å². The van der Waals surface area contributed by atoms with Crippen molar-refractivity contribution >= 4 is 23.5 Å². The van der Waals surface area contributed by atoms with Gasteiger partial charge in [-0.25, -0.2) is 5.43 Å². The molecule has 0 bridgehead atoms. The van der Waals surface area contributed by atoms with E-state index in [1.165, 1.54) is 0 Å². The van der Waals surface area contributed by atoms with Crippen molar-refractivity contribution in [3.05, 3.63) is 41.2 Å². The first-order valence-electron chi connectivity index (χ1n) is 5.24. The first-order chi connectivity index (χ1) is 8.36. The van der Waals surface area contributed by atoms with Crippen LogP contribution in [0.5, 0.6) is 0 Å². The molecule has 17 heavy (non-hydrogen) atoms. The van der Waals surface area contributed by atoms with Gasteiger partial charge in [0.15, 0.2) is 5.84 Å². The Morgan fingerprint density at radius 3 is 3.24 bits per heavy atom. The summed E-state index contributed by atoms with van der Waals surface area (Å²) in [5.74, 6) is 1.56. The number of pyridine rings is 1. The SMILES string of the molecule is O=C1NN=C(c2cccnc2)N2CCSC=C12. The summed E-state index contributed by atoms with van der Waals surface area (Å²) in [6, 6.07) is 3.79. The molecule has 0 unspecified atom stereocenters. The molecule has 2 aliphatic rings. The number of thioether (sulfide) groups is 1. The molecule has 0 atom stereocenters. The number of hydrazone groups is 1. The number of fused-ring (bicyclic) bond motifs is 1. The fourth-order valence-electron chi connectivity index (χ4n) is 1.80. The van der Waals surface area contributed by atoms with Crippen molar-refractivity contribution in [1.82, 2.24) is 15.3 Å². The van der Waals surface area contributed by atoms with E-state index in [-0.39, 0.29) is 5.91 Å². The maximum atomic E-state index is 11.6. The Hall–Kier alpha value is -1.82. The number of rotatable bonds is 1. The van der Waals surface area contributed by atoms with Crippen molar-refractivity contribution in [1.29, 1.82) is 0 Å². The van der Waals surface area contributed by atoms with Crippen molar-refractivity contribution in [3.63, 3.8) is 0 Å². The van der Waals surface area contributed by atoms with Crippen molar-refractivity contribution in [2.45, 2.75) is 0 Å². The van der Waals surface area contributed by atoms with Gasteiger partial charge in [-0.05, 0) is 12.1 Å². The third-order valence-electron chi connectivity index (χ3n) is 2.59. The van der Waals surface area contributed by atoms with Crippen LogP contribution in [0.25, 0.3) is 0 Å². The molecule has 3 rings (SSSR count). The number of nitrogens with zero attached hydrogens (tertiary/aromatic N) is 3. The molecule has 0 saturated carbocycles. The average Bonchev–Trinajstić information content (AvgIpc) is 2.41. The van der Waals surface area contributed by atoms with E-state index in [2.05, 4.69) is 15.5 Å². The van der Waals surface area contributed by atoms with E-state index in [9.17, 15) is 4.79 Å². The highest BCUT2D eigenvalue weighted by Crippen LogP contribution is 2.23. The number of aromatic nitrogens is 1. The lowest BCUT2D eigenvalue weighted by Crippen LogP contribution is -2.45. The normalized spacial score (nSPS) is 19.1. The Balaban J connectivity index is 2.03. The van der Waals surface area contributed by atoms with E-state index < -0.39 is 0 Å². The summed E-state index contributed by atoms with van der Waals surface area (Å²) in [4.78, 5) is 17.7. The molecule has 0 spiro atoms. The van der Waals surface area contributed by atoms with Gasteiger partial charge in [0.05, 0.1) is 0 Å². The first-order valence-corrected chi connectivity index (χ1v) is 6.29. The molecule has 1 aromatic rings. The topological polar surface area (TPSA) is 57.6 Å². The molecule has 1 amide bonds. The molecular formula is C11H10N4OS. The van der Waals surface area contributed by atoms with Crippen LogP contribution < -0.4 is 5.43 Å². The number of carbonyl (C=O) groups is 1. The van der Waals surface area contributed by atoms with E-state index in [0.29, 0.717) is 5.70 Å². The summed E-state index contributed by atoms with van der Waals surface area (Å²) in [6.07, 6.45) is 3.46. The molecule has 0 aliphatic carbocycles. The summed E-state index contributed by atoms with van der Waals surface area (Å²) in [6.45, 7) is 0.789. The number of hydrogen-bond acceptors (Lipinski definition) is 5. The minimum atomic E-state index is -0.148. The van der Waals surface area contributed by atoms with E-state index in [1.807, 2.05) is 22.4 Å². The molecule has 0 aromatic carbocycles. The lowest BCUT2D eigenvalue weighted by molar-refractivity contribution is -0.119. The molecule has 3 heterocycles. The minimum Gasteiger partial charge on any atom is -0.318 e. The van der Waals surface area contributed by atoms with E-state index in [0.717, 1.165) is 23.7 Å². The van der Waals surface area contributed by atoms with Crippen molar-refractivity contribution in [2.75, 3.05) is 12.3 Å². The second-order valence-electron chi connectivity index (χ2n) is 3.64. The predicted molar refractivity (Wildman–Crippen MR) is 66.2 cm³/mol. The monoisotopic (exact) mass is 246 g/mol. The van der Waals surface area contributed by atoms with Crippen LogP contribution in [0.15, 0.2) is 40.7 Å². The average molecular weight is 246 g/mol. The molecule has 86 valence electrons. The van der Waals surface area contributed by atoms with Gasteiger partial charge in [0.1, 0.15) is 5.70 Å². The Morgan fingerprint density at radius 1 is 1.47 bits per heavy atom. The zero-order valence-corrected chi connectivity index (χ0v) is 9.78. The Kier molecular flexibility index (Phi) is 2.56. The smallest absolute Gasteiger partial charge is 0.288 e. The van der Waals surface area contributed by atoms with Crippen LogP contribution in [0.1, 0.15) is 5.56 Å². The van der Waals surface area contributed by atoms with Gasteiger partial charge in [-0.3, -0.25) is 9.78 Å². The van der Waals surface area contributed by atoms with Crippen molar-refractivity contribution < 1.29 is 4.79 Å². The lowest BCUT2D eigenvalue weighted by Gasteiger charge is -2.32. The summed E-state index contributed by atoms with van der Waals surface area (Å²) >= 11 is 1.65. The molecule has 0 radical (unpaired) electrons. The first kappa shape index (κ1) is 10.3. The van der Waals surface area contributed by atoms with Crippen LogP contribution in [0.4, 0.5) is 0 Å². The highest BCUT2D eigenvalue weighted by atomic mass is 32.2. The van der Waals surface area contributed by atoms with Crippen LogP contribution >= 0.6 is 11.8 Å². The van der Waals surface area contributed by atoms with Gasteiger partial charge in [-0.1, -0.05) is 0 Å². The standard InChI is InChI=1S/C11H10N4OS/c16-11-9-7-17-5-4-15(9)10(13-14-11)8-2-1-3-12-6-8/h1-3,6-7H,4-5H2,(H,14,16). The zero-order valence-electron chi connectivity index (χ0n) is 8.96. The maximum absolute atomic E-state index is 11.6. The second kappa shape index (κ2) is 4.21. The van der Waals surface area contributed by atoms with Crippen LogP contribution in [-0.4, -0.2) is 33.9 Å². The van der Waals surface area contributed by atoms with Crippen LogP contribution in [0.2, 0.25) is 0 Å². The van der Waals surface area contributed by atoms with Gasteiger partial charge >= 0.3 is 0 Å². The molecule has 2 aliphatic heterocycles. The summed E-state index contributed by atoms with van der Waals surface area (Å²) in [5.41, 5.74) is 4.10. The molecule has 1 aromatic heterocycles. The minimum absolute atomic E-state index is 0.148.